The topological polar surface area (TPSA) is 102 Å². The molecule has 2 aromatic rings. The van der Waals surface area contributed by atoms with E-state index in [0.717, 1.165) is 19.2 Å². The van der Waals surface area contributed by atoms with Gasteiger partial charge in [-0.3, -0.25) is 4.90 Å². The van der Waals surface area contributed by atoms with E-state index in [0.29, 0.717) is 25.5 Å². The highest BCUT2D eigenvalue weighted by atomic mass is 32.2. The summed E-state index contributed by atoms with van der Waals surface area (Å²) in [6, 6.07) is 10.2. The van der Waals surface area contributed by atoms with Crippen LogP contribution in [-0.2, 0) is 28.6 Å². The highest BCUT2D eigenvalue weighted by Crippen LogP contribution is 2.07. The van der Waals surface area contributed by atoms with E-state index in [-0.39, 0.29) is 11.6 Å². The highest BCUT2D eigenvalue weighted by molar-refractivity contribution is 7.89. The minimum Gasteiger partial charge on any atom is -0.338 e. The van der Waals surface area contributed by atoms with Gasteiger partial charge in [-0.15, -0.1) is 0 Å². The summed E-state index contributed by atoms with van der Waals surface area (Å²) in [7, 11) is -3.17. The van der Waals surface area contributed by atoms with Crippen LogP contribution >= 0.6 is 0 Å². The summed E-state index contributed by atoms with van der Waals surface area (Å²) in [5.74, 6) is 0.389. The Bertz CT molecular complexity index is 701. The predicted molar refractivity (Wildman–Crippen MR) is 87.3 cm³/mol. The SMILES string of the molecule is CS(=O)(=O)Cc1noc(CN(CCN)CCc2ccccc2)n1. The molecule has 0 saturated carbocycles. The molecule has 0 radical (unpaired) electrons. The minimum absolute atomic E-state index is 0.193. The molecule has 0 bridgehead atoms. The van der Waals surface area contributed by atoms with E-state index in [1.165, 1.54) is 5.56 Å². The monoisotopic (exact) mass is 338 g/mol. The molecule has 0 spiro atoms. The van der Waals surface area contributed by atoms with Gasteiger partial charge in [0.2, 0.25) is 5.89 Å². The van der Waals surface area contributed by atoms with Crippen LogP contribution < -0.4 is 5.73 Å². The zero-order valence-electron chi connectivity index (χ0n) is 13.2. The van der Waals surface area contributed by atoms with Crippen molar-refractivity contribution in [2.24, 2.45) is 5.73 Å². The summed E-state index contributed by atoms with van der Waals surface area (Å²) in [5, 5.41) is 3.71. The van der Waals surface area contributed by atoms with Crippen LogP contribution in [0.15, 0.2) is 34.9 Å². The average Bonchev–Trinajstić information content (AvgIpc) is 2.91. The van der Waals surface area contributed by atoms with Gasteiger partial charge in [-0.2, -0.15) is 4.98 Å². The molecule has 0 aliphatic heterocycles. The van der Waals surface area contributed by atoms with E-state index in [1.807, 2.05) is 18.2 Å². The first-order valence-electron chi connectivity index (χ1n) is 7.42. The third-order valence-electron chi connectivity index (χ3n) is 3.27. The molecule has 2 N–H and O–H groups in total. The van der Waals surface area contributed by atoms with Gasteiger partial charge in [0.25, 0.3) is 0 Å². The van der Waals surface area contributed by atoms with E-state index in [2.05, 4.69) is 27.2 Å². The third-order valence-corrected chi connectivity index (χ3v) is 4.05. The van der Waals surface area contributed by atoms with Gasteiger partial charge in [0, 0.05) is 25.9 Å². The molecule has 126 valence electrons. The van der Waals surface area contributed by atoms with Gasteiger partial charge in [-0.05, 0) is 12.0 Å². The number of sulfone groups is 1. The largest absolute Gasteiger partial charge is 0.338 e. The molecule has 0 saturated heterocycles. The predicted octanol–water partition coefficient (Wildman–Crippen LogP) is 0.618. The summed E-state index contributed by atoms with van der Waals surface area (Å²) in [6.45, 7) is 2.50. The van der Waals surface area contributed by atoms with Crippen molar-refractivity contribution in [3.8, 4) is 0 Å². The molecule has 0 amide bonds. The van der Waals surface area contributed by atoms with Crippen molar-refractivity contribution in [2.45, 2.75) is 18.7 Å². The third kappa shape index (κ3) is 6.47. The summed E-state index contributed by atoms with van der Waals surface area (Å²) < 4.78 is 27.6. The van der Waals surface area contributed by atoms with Crippen LogP contribution in [0.1, 0.15) is 17.3 Å². The van der Waals surface area contributed by atoms with Gasteiger partial charge in [0.05, 0.1) is 6.54 Å². The molecule has 2 rings (SSSR count). The first-order valence-corrected chi connectivity index (χ1v) is 9.48. The average molecular weight is 338 g/mol. The standard InChI is InChI=1S/C15H22N4O3S/c1-23(20,21)12-14-17-15(22-18-14)11-19(10-8-16)9-7-13-5-3-2-4-6-13/h2-6H,7-12,16H2,1H3. The number of hydrogen-bond acceptors (Lipinski definition) is 7. The van der Waals surface area contributed by atoms with Crippen LogP contribution in [0, 0.1) is 0 Å². The van der Waals surface area contributed by atoms with Gasteiger partial charge in [-0.25, -0.2) is 8.42 Å². The van der Waals surface area contributed by atoms with E-state index in [4.69, 9.17) is 10.3 Å². The Kier molecular flexibility index (Phi) is 6.26. The molecule has 0 fully saturated rings. The molecular formula is C15H22N4O3S. The molecule has 1 heterocycles. The Hall–Kier alpha value is -1.77. The van der Waals surface area contributed by atoms with Gasteiger partial charge in [-0.1, -0.05) is 35.5 Å². The number of nitrogens with zero attached hydrogens (tertiary/aromatic N) is 3. The first-order chi connectivity index (χ1) is 11.0. The van der Waals surface area contributed by atoms with Gasteiger partial charge < -0.3 is 10.3 Å². The molecule has 7 nitrogen and oxygen atoms in total. The Labute approximate surface area is 136 Å². The Morgan fingerprint density at radius 3 is 2.61 bits per heavy atom. The Morgan fingerprint density at radius 1 is 1.22 bits per heavy atom. The lowest BCUT2D eigenvalue weighted by molar-refractivity contribution is 0.233. The summed E-state index contributed by atoms with van der Waals surface area (Å²) in [4.78, 5) is 6.25. The van der Waals surface area contributed by atoms with Crippen LogP contribution in [0.25, 0.3) is 0 Å². The molecular weight excluding hydrogens is 316 g/mol. The maximum atomic E-state index is 11.2. The van der Waals surface area contributed by atoms with Gasteiger partial charge in [0.1, 0.15) is 5.75 Å². The molecule has 1 aromatic heterocycles. The van der Waals surface area contributed by atoms with Crippen molar-refractivity contribution in [1.29, 1.82) is 0 Å². The zero-order valence-corrected chi connectivity index (χ0v) is 14.0. The number of nitrogens with two attached hydrogens (primary N) is 1. The second kappa shape index (κ2) is 8.19. The lowest BCUT2D eigenvalue weighted by atomic mass is 10.1. The maximum absolute atomic E-state index is 11.2. The van der Waals surface area contributed by atoms with E-state index < -0.39 is 9.84 Å². The van der Waals surface area contributed by atoms with Gasteiger partial charge >= 0.3 is 0 Å². The summed E-state index contributed by atoms with van der Waals surface area (Å²) >= 11 is 0. The fraction of sp³-hybridized carbons (Fsp3) is 0.467. The molecule has 0 aliphatic carbocycles. The second-order valence-electron chi connectivity index (χ2n) is 5.47. The number of benzene rings is 1. The maximum Gasteiger partial charge on any atom is 0.240 e. The van der Waals surface area contributed by atoms with Crippen molar-refractivity contribution in [2.75, 3.05) is 25.9 Å². The summed E-state index contributed by atoms with van der Waals surface area (Å²) in [5.41, 5.74) is 6.90. The van der Waals surface area contributed by atoms with Crippen LogP contribution in [0.5, 0.6) is 0 Å². The number of hydrogen-bond donors (Lipinski definition) is 1. The summed E-state index contributed by atoms with van der Waals surface area (Å²) in [6.07, 6.45) is 2.04. The fourth-order valence-corrected chi connectivity index (χ4v) is 2.81. The molecule has 1 aromatic carbocycles. The van der Waals surface area contributed by atoms with Crippen molar-refractivity contribution in [3.05, 3.63) is 47.6 Å². The molecule has 23 heavy (non-hydrogen) atoms. The van der Waals surface area contributed by atoms with Crippen LogP contribution in [0.3, 0.4) is 0 Å². The van der Waals surface area contributed by atoms with E-state index >= 15 is 0 Å². The van der Waals surface area contributed by atoms with Crippen molar-refractivity contribution < 1.29 is 12.9 Å². The van der Waals surface area contributed by atoms with Crippen LogP contribution in [-0.4, -0.2) is 49.3 Å². The first kappa shape index (κ1) is 17.6. The quantitative estimate of drug-likeness (QED) is 0.715. The molecule has 0 atom stereocenters. The normalized spacial score (nSPS) is 12.0. The van der Waals surface area contributed by atoms with Crippen molar-refractivity contribution in [3.63, 3.8) is 0 Å². The Balaban J connectivity index is 1.93. The van der Waals surface area contributed by atoms with Crippen molar-refractivity contribution in [1.82, 2.24) is 15.0 Å². The van der Waals surface area contributed by atoms with E-state index in [9.17, 15) is 8.42 Å². The van der Waals surface area contributed by atoms with Crippen LogP contribution in [0.4, 0.5) is 0 Å². The van der Waals surface area contributed by atoms with E-state index in [1.54, 1.807) is 0 Å². The molecule has 0 unspecified atom stereocenters. The molecule has 8 heteroatoms. The zero-order chi connectivity index (χ0) is 16.7. The lowest BCUT2D eigenvalue weighted by Gasteiger charge is -2.19. The lowest BCUT2D eigenvalue weighted by Crippen LogP contribution is -2.31. The second-order valence-corrected chi connectivity index (χ2v) is 7.62. The smallest absolute Gasteiger partial charge is 0.240 e. The minimum atomic E-state index is -3.17. The van der Waals surface area contributed by atoms with Crippen LogP contribution in [0.2, 0.25) is 0 Å². The molecule has 0 aliphatic rings. The highest BCUT2D eigenvalue weighted by Gasteiger charge is 2.14. The number of aromatic nitrogens is 2. The van der Waals surface area contributed by atoms with Gasteiger partial charge in [0.15, 0.2) is 15.7 Å². The fourth-order valence-electron chi connectivity index (χ4n) is 2.22. The Morgan fingerprint density at radius 2 is 1.96 bits per heavy atom. The number of rotatable bonds is 9. The van der Waals surface area contributed by atoms with Crippen molar-refractivity contribution >= 4 is 9.84 Å².